The van der Waals surface area contributed by atoms with Gasteiger partial charge in [-0.1, -0.05) is 18.2 Å². The van der Waals surface area contributed by atoms with Gasteiger partial charge in [0.25, 0.3) is 5.91 Å². The van der Waals surface area contributed by atoms with Gasteiger partial charge in [-0.15, -0.1) is 0 Å². The highest BCUT2D eigenvalue weighted by atomic mass is 16.2. The SMILES string of the molecule is CCN(C(=O)c1ccc(N)cn1)c1ccccc1C. The number of nitrogens with zero attached hydrogens (tertiary/aromatic N) is 2. The molecule has 0 spiro atoms. The third kappa shape index (κ3) is 2.73. The lowest BCUT2D eigenvalue weighted by molar-refractivity contribution is 0.0983. The van der Waals surface area contributed by atoms with Crippen molar-refractivity contribution in [3.8, 4) is 0 Å². The van der Waals surface area contributed by atoms with Gasteiger partial charge in [0.2, 0.25) is 0 Å². The maximum Gasteiger partial charge on any atom is 0.276 e. The fraction of sp³-hybridized carbons (Fsp3) is 0.200. The van der Waals surface area contributed by atoms with E-state index >= 15 is 0 Å². The molecule has 0 aliphatic carbocycles. The van der Waals surface area contributed by atoms with Crippen LogP contribution < -0.4 is 10.6 Å². The van der Waals surface area contributed by atoms with Gasteiger partial charge in [0.15, 0.2) is 0 Å². The van der Waals surface area contributed by atoms with Crippen LogP contribution in [0.2, 0.25) is 0 Å². The molecule has 1 aromatic heterocycles. The van der Waals surface area contributed by atoms with Gasteiger partial charge in [-0.3, -0.25) is 4.79 Å². The molecule has 1 heterocycles. The standard InChI is InChI=1S/C15H17N3O/c1-3-18(14-7-5-4-6-11(14)2)15(19)13-9-8-12(16)10-17-13/h4-10H,3,16H2,1-2H3. The van der Waals surface area contributed by atoms with Crippen LogP contribution in [0, 0.1) is 6.92 Å². The van der Waals surface area contributed by atoms with Crippen LogP contribution in [0.15, 0.2) is 42.6 Å². The molecule has 0 radical (unpaired) electrons. The van der Waals surface area contributed by atoms with E-state index in [-0.39, 0.29) is 5.91 Å². The molecule has 0 aliphatic heterocycles. The topological polar surface area (TPSA) is 59.2 Å². The van der Waals surface area contributed by atoms with Crippen LogP contribution in [0.3, 0.4) is 0 Å². The van der Waals surface area contributed by atoms with Crippen LogP contribution in [-0.2, 0) is 0 Å². The fourth-order valence-electron chi connectivity index (χ4n) is 1.96. The Hall–Kier alpha value is -2.36. The molecule has 2 rings (SSSR count). The highest BCUT2D eigenvalue weighted by molar-refractivity contribution is 6.05. The molecule has 1 amide bonds. The quantitative estimate of drug-likeness (QED) is 0.917. The molecule has 0 aliphatic rings. The van der Waals surface area contributed by atoms with Crippen molar-refractivity contribution in [1.29, 1.82) is 0 Å². The zero-order chi connectivity index (χ0) is 13.8. The molecule has 2 aromatic rings. The van der Waals surface area contributed by atoms with Crippen LogP contribution in [0.25, 0.3) is 0 Å². The molecular weight excluding hydrogens is 238 g/mol. The first kappa shape index (κ1) is 13.1. The Kier molecular flexibility index (Phi) is 3.80. The van der Waals surface area contributed by atoms with E-state index in [9.17, 15) is 4.79 Å². The van der Waals surface area contributed by atoms with Crippen molar-refractivity contribution < 1.29 is 4.79 Å². The van der Waals surface area contributed by atoms with Crippen molar-refractivity contribution in [2.24, 2.45) is 0 Å². The van der Waals surface area contributed by atoms with Crippen molar-refractivity contribution in [2.75, 3.05) is 17.2 Å². The average Bonchev–Trinajstić information content (AvgIpc) is 2.42. The Morgan fingerprint density at radius 1 is 1.26 bits per heavy atom. The molecule has 1 aromatic carbocycles. The summed E-state index contributed by atoms with van der Waals surface area (Å²) in [5.41, 5.74) is 8.51. The Labute approximate surface area is 112 Å². The number of aryl methyl sites for hydroxylation is 1. The van der Waals surface area contributed by atoms with Crippen LogP contribution in [0.4, 0.5) is 11.4 Å². The van der Waals surface area contributed by atoms with Crippen molar-refractivity contribution in [1.82, 2.24) is 4.98 Å². The molecule has 0 saturated carbocycles. The van der Waals surface area contributed by atoms with E-state index in [4.69, 9.17) is 5.73 Å². The summed E-state index contributed by atoms with van der Waals surface area (Å²) in [6.45, 7) is 4.53. The Morgan fingerprint density at radius 3 is 2.58 bits per heavy atom. The van der Waals surface area contributed by atoms with Gasteiger partial charge in [0.05, 0.1) is 11.9 Å². The highest BCUT2D eigenvalue weighted by Crippen LogP contribution is 2.21. The van der Waals surface area contributed by atoms with E-state index in [1.54, 1.807) is 17.0 Å². The number of carbonyl (C=O) groups excluding carboxylic acids is 1. The van der Waals surface area contributed by atoms with Gasteiger partial charge in [-0.2, -0.15) is 0 Å². The third-order valence-corrected chi connectivity index (χ3v) is 2.97. The van der Waals surface area contributed by atoms with E-state index in [1.807, 2.05) is 38.1 Å². The Morgan fingerprint density at radius 2 is 2.00 bits per heavy atom. The number of nitrogens with two attached hydrogens (primary N) is 1. The second-order valence-electron chi connectivity index (χ2n) is 4.31. The zero-order valence-corrected chi connectivity index (χ0v) is 11.1. The second-order valence-corrected chi connectivity index (χ2v) is 4.31. The average molecular weight is 255 g/mol. The Bertz CT molecular complexity index is 578. The van der Waals surface area contributed by atoms with Crippen molar-refractivity contribution in [3.05, 3.63) is 53.9 Å². The molecule has 4 heteroatoms. The van der Waals surface area contributed by atoms with E-state index in [0.717, 1.165) is 11.3 Å². The minimum absolute atomic E-state index is 0.114. The summed E-state index contributed by atoms with van der Waals surface area (Å²) in [5, 5.41) is 0. The summed E-state index contributed by atoms with van der Waals surface area (Å²) in [6, 6.07) is 11.1. The number of pyridine rings is 1. The smallest absolute Gasteiger partial charge is 0.276 e. The van der Waals surface area contributed by atoms with Crippen LogP contribution in [-0.4, -0.2) is 17.4 Å². The van der Waals surface area contributed by atoms with Gasteiger partial charge < -0.3 is 10.6 Å². The number of benzene rings is 1. The van der Waals surface area contributed by atoms with Gasteiger partial charge in [-0.05, 0) is 37.6 Å². The summed E-state index contributed by atoms with van der Waals surface area (Å²) < 4.78 is 0. The van der Waals surface area contributed by atoms with E-state index < -0.39 is 0 Å². The Balaban J connectivity index is 2.35. The lowest BCUT2D eigenvalue weighted by Crippen LogP contribution is -2.31. The normalized spacial score (nSPS) is 10.2. The number of hydrogen-bond acceptors (Lipinski definition) is 3. The van der Waals surface area contributed by atoms with Crippen molar-refractivity contribution in [2.45, 2.75) is 13.8 Å². The van der Waals surface area contributed by atoms with E-state index in [1.165, 1.54) is 6.20 Å². The van der Waals surface area contributed by atoms with Crippen LogP contribution >= 0.6 is 0 Å². The molecular formula is C15H17N3O. The van der Waals surface area contributed by atoms with Crippen LogP contribution in [0.1, 0.15) is 23.0 Å². The van der Waals surface area contributed by atoms with Crippen molar-refractivity contribution >= 4 is 17.3 Å². The van der Waals surface area contributed by atoms with Gasteiger partial charge >= 0.3 is 0 Å². The number of carbonyl (C=O) groups is 1. The predicted molar refractivity (Wildman–Crippen MR) is 77.2 cm³/mol. The fourth-order valence-corrected chi connectivity index (χ4v) is 1.96. The molecule has 4 nitrogen and oxygen atoms in total. The first-order valence-corrected chi connectivity index (χ1v) is 6.22. The van der Waals surface area contributed by atoms with Gasteiger partial charge in [0.1, 0.15) is 5.69 Å². The molecule has 2 N–H and O–H groups in total. The lowest BCUT2D eigenvalue weighted by Gasteiger charge is -2.22. The summed E-state index contributed by atoms with van der Waals surface area (Å²) in [5.74, 6) is -0.114. The number of para-hydroxylation sites is 1. The summed E-state index contributed by atoms with van der Waals surface area (Å²) >= 11 is 0. The maximum atomic E-state index is 12.5. The molecule has 0 bridgehead atoms. The summed E-state index contributed by atoms with van der Waals surface area (Å²) in [7, 11) is 0. The van der Waals surface area contributed by atoms with Gasteiger partial charge in [0, 0.05) is 12.2 Å². The molecule has 98 valence electrons. The minimum atomic E-state index is -0.114. The predicted octanol–water partition coefficient (Wildman–Crippen LogP) is 2.64. The molecule has 0 saturated heterocycles. The summed E-state index contributed by atoms with van der Waals surface area (Å²) in [4.78, 5) is 18.3. The number of nitrogen functional groups attached to an aromatic ring is 1. The largest absolute Gasteiger partial charge is 0.397 e. The minimum Gasteiger partial charge on any atom is -0.397 e. The lowest BCUT2D eigenvalue weighted by atomic mass is 10.1. The molecule has 0 fully saturated rings. The number of amides is 1. The third-order valence-electron chi connectivity index (χ3n) is 2.97. The number of rotatable bonds is 3. The van der Waals surface area contributed by atoms with E-state index in [2.05, 4.69) is 4.98 Å². The second kappa shape index (κ2) is 5.52. The number of anilines is 2. The maximum absolute atomic E-state index is 12.5. The number of aromatic nitrogens is 1. The highest BCUT2D eigenvalue weighted by Gasteiger charge is 2.18. The molecule has 0 atom stereocenters. The first-order chi connectivity index (χ1) is 9.13. The number of hydrogen-bond donors (Lipinski definition) is 1. The monoisotopic (exact) mass is 255 g/mol. The van der Waals surface area contributed by atoms with E-state index in [0.29, 0.717) is 17.9 Å². The summed E-state index contributed by atoms with van der Waals surface area (Å²) in [6.07, 6.45) is 1.50. The van der Waals surface area contributed by atoms with Crippen LogP contribution in [0.5, 0.6) is 0 Å². The molecule has 19 heavy (non-hydrogen) atoms. The first-order valence-electron chi connectivity index (χ1n) is 6.22. The zero-order valence-electron chi connectivity index (χ0n) is 11.1. The van der Waals surface area contributed by atoms with Crippen molar-refractivity contribution in [3.63, 3.8) is 0 Å². The molecule has 0 unspecified atom stereocenters. The van der Waals surface area contributed by atoms with Gasteiger partial charge in [-0.25, -0.2) is 4.98 Å².